The van der Waals surface area contributed by atoms with Crippen molar-refractivity contribution in [1.82, 2.24) is 5.32 Å². The second kappa shape index (κ2) is 7.69. The van der Waals surface area contributed by atoms with Crippen molar-refractivity contribution in [3.63, 3.8) is 0 Å². The van der Waals surface area contributed by atoms with Crippen molar-refractivity contribution in [3.05, 3.63) is 34.9 Å². The monoisotopic (exact) mass is 259 g/mol. The number of unbranched alkanes of at least 4 members (excludes halogenated alkanes) is 1. The molecule has 0 saturated heterocycles. The Morgan fingerprint density at radius 1 is 1.16 bits per heavy atom. The number of rotatable bonds is 8. The van der Waals surface area contributed by atoms with E-state index >= 15 is 0 Å². The van der Waals surface area contributed by atoms with Crippen molar-refractivity contribution in [3.8, 4) is 0 Å². The number of fused-ring (bicyclic) bond motifs is 1. The van der Waals surface area contributed by atoms with Gasteiger partial charge < -0.3 is 5.32 Å². The van der Waals surface area contributed by atoms with Crippen LogP contribution in [0.5, 0.6) is 0 Å². The van der Waals surface area contributed by atoms with Crippen LogP contribution in [-0.4, -0.2) is 6.54 Å². The fourth-order valence-corrected chi connectivity index (χ4v) is 3.10. The summed E-state index contributed by atoms with van der Waals surface area (Å²) in [5.41, 5.74) is 4.64. The molecule has 1 N–H and O–H groups in total. The lowest BCUT2D eigenvalue weighted by atomic mass is 9.99. The fourth-order valence-electron chi connectivity index (χ4n) is 3.10. The van der Waals surface area contributed by atoms with Crippen LogP contribution in [0.15, 0.2) is 18.2 Å². The second-order valence-electron chi connectivity index (χ2n) is 6.00. The van der Waals surface area contributed by atoms with Crippen molar-refractivity contribution < 1.29 is 0 Å². The van der Waals surface area contributed by atoms with Crippen molar-refractivity contribution in [1.29, 1.82) is 0 Å². The van der Waals surface area contributed by atoms with Crippen LogP contribution in [-0.2, 0) is 19.4 Å². The highest BCUT2D eigenvalue weighted by Gasteiger charge is 2.11. The van der Waals surface area contributed by atoms with Gasteiger partial charge in [0, 0.05) is 6.54 Å². The van der Waals surface area contributed by atoms with Gasteiger partial charge in [0.1, 0.15) is 0 Å². The van der Waals surface area contributed by atoms with Gasteiger partial charge in [-0.1, -0.05) is 51.3 Å². The van der Waals surface area contributed by atoms with Crippen LogP contribution in [0.1, 0.15) is 62.6 Å². The van der Waals surface area contributed by atoms with Gasteiger partial charge in [-0.25, -0.2) is 0 Å². The van der Waals surface area contributed by atoms with Gasteiger partial charge >= 0.3 is 0 Å². The number of aryl methyl sites for hydroxylation is 2. The zero-order valence-electron chi connectivity index (χ0n) is 12.7. The number of hydrogen-bond donors (Lipinski definition) is 1. The van der Waals surface area contributed by atoms with E-state index in [1.165, 1.54) is 57.1 Å². The second-order valence-corrected chi connectivity index (χ2v) is 6.00. The van der Waals surface area contributed by atoms with Crippen molar-refractivity contribution in [2.75, 3.05) is 6.54 Å². The molecule has 1 nitrogen and oxygen atoms in total. The van der Waals surface area contributed by atoms with Gasteiger partial charge in [0.2, 0.25) is 0 Å². The van der Waals surface area contributed by atoms with Gasteiger partial charge in [0.15, 0.2) is 0 Å². The maximum absolute atomic E-state index is 3.65. The van der Waals surface area contributed by atoms with E-state index in [0.717, 1.165) is 12.5 Å². The fraction of sp³-hybridized carbons (Fsp3) is 0.667. The maximum atomic E-state index is 3.65. The van der Waals surface area contributed by atoms with Crippen LogP contribution in [0, 0.1) is 5.92 Å². The van der Waals surface area contributed by atoms with Crippen LogP contribution in [0.4, 0.5) is 0 Å². The first-order valence-electron chi connectivity index (χ1n) is 8.14. The largest absolute Gasteiger partial charge is 0.312 e. The molecule has 0 heterocycles. The van der Waals surface area contributed by atoms with Crippen LogP contribution < -0.4 is 5.32 Å². The summed E-state index contributed by atoms with van der Waals surface area (Å²) in [5.74, 6) is 0.856. The lowest BCUT2D eigenvalue weighted by molar-refractivity contribution is 0.419. The van der Waals surface area contributed by atoms with Gasteiger partial charge in [-0.2, -0.15) is 0 Å². The SMILES string of the molecule is CCCCC(CC)CNCc1ccc2c(c1)CCC2. The van der Waals surface area contributed by atoms with Crippen LogP contribution in [0.3, 0.4) is 0 Å². The Hall–Kier alpha value is -0.820. The molecule has 2 rings (SSSR count). The first-order valence-corrected chi connectivity index (χ1v) is 8.14. The highest BCUT2D eigenvalue weighted by atomic mass is 14.9. The number of hydrogen-bond acceptors (Lipinski definition) is 1. The Morgan fingerprint density at radius 2 is 2.00 bits per heavy atom. The smallest absolute Gasteiger partial charge is 0.0205 e. The zero-order valence-corrected chi connectivity index (χ0v) is 12.7. The molecule has 1 heteroatoms. The molecular weight excluding hydrogens is 230 g/mol. The van der Waals surface area contributed by atoms with E-state index in [9.17, 15) is 0 Å². The highest BCUT2D eigenvalue weighted by Crippen LogP contribution is 2.22. The number of benzene rings is 1. The molecule has 0 fully saturated rings. The molecule has 1 aromatic carbocycles. The van der Waals surface area contributed by atoms with E-state index in [2.05, 4.69) is 37.4 Å². The van der Waals surface area contributed by atoms with Gasteiger partial charge in [-0.05, 0) is 54.8 Å². The summed E-state index contributed by atoms with van der Waals surface area (Å²) in [6, 6.07) is 7.07. The quantitative estimate of drug-likeness (QED) is 0.725. The average Bonchev–Trinajstić information content (AvgIpc) is 2.90. The molecule has 0 amide bonds. The molecular formula is C18H29N. The predicted molar refractivity (Wildman–Crippen MR) is 83.5 cm³/mol. The molecule has 0 radical (unpaired) electrons. The summed E-state index contributed by atoms with van der Waals surface area (Å²) in [5, 5.41) is 3.65. The van der Waals surface area contributed by atoms with Crippen molar-refractivity contribution >= 4 is 0 Å². The molecule has 0 aliphatic heterocycles. The summed E-state index contributed by atoms with van der Waals surface area (Å²) in [7, 11) is 0. The molecule has 0 bridgehead atoms. The van der Waals surface area contributed by atoms with Gasteiger partial charge in [0.25, 0.3) is 0 Å². The van der Waals surface area contributed by atoms with Crippen molar-refractivity contribution in [2.45, 2.75) is 65.3 Å². The lowest BCUT2D eigenvalue weighted by Crippen LogP contribution is -2.22. The molecule has 1 aromatic rings. The molecule has 19 heavy (non-hydrogen) atoms. The molecule has 106 valence electrons. The van der Waals surface area contributed by atoms with Crippen LogP contribution >= 0.6 is 0 Å². The Bertz CT molecular complexity index is 383. The molecule has 1 unspecified atom stereocenters. The first-order chi connectivity index (χ1) is 9.33. The molecule has 1 aliphatic carbocycles. The Labute approximate surface area is 118 Å². The van der Waals surface area contributed by atoms with E-state index in [1.54, 1.807) is 11.1 Å². The predicted octanol–water partition coefficient (Wildman–Crippen LogP) is 4.48. The zero-order chi connectivity index (χ0) is 13.5. The highest BCUT2D eigenvalue weighted by molar-refractivity contribution is 5.35. The topological polar surface area (TPSA) is 12.0 Å². The Morgan fingerprint density at radius 3 is 2.79 bits per heavy atom. The van der Waals surface area contributed by atoms with E-state index < -0.39 is 0 Å². The maximum Gasteiger partial charge on any atom is 0.0205 e. The minimum atomic E-state index is 0.856. The minimum Gasteiger partial charge on any atom is -0.312 e. The molecule has 0 saturated carbocycles. The minimum absolute atomic E-state index is 0.856. The number of nitrogens with one attached hydrogen (secondary N) is 1. The lowest BCUT2D eigenvalue weighted by Gasteiger charge is -2.15. The first kappa shape index (κ1) is 14.6. The van der Waals surface area contributed by atoms with Crippen LogP contribution in [0.2, 0.25) is 0 Å². The standard InChI is InChI=1S/C18H29N/c1-3-5-7-15(4-2)13-19-14-16-10-11-17-8-6-9-18(17)12-16/h10-12,15,19H,3-9,13-14H2,1-2H3. The van der Waals surface area contributed by atoms with Gasteiger partial charge in [-0.3, -0.25) is 0 Å². The summed E-state index contributed by atoms with van der Waals surface area (Å²) in [4.78, 5) is 0. The molecule has 1 aliphatic rings. The van der Waals surface area contributed by atoms with Crippen molar-refractivity contribution in [2.24, 2.45) is 5.92 Å². The molecule has 0 spiro atoms. The summed E-state index contributed by atoms with van der Waals surface area (Å²) in [6.07, 6.45) is 9.30. The van der Waals surface area contributed by atoms with E-state index in [-0.39, 0.29) is 0 Å². The average molecular weight is 259 g/mol. The van der Waals surface area contributed by atoms with E-state index in [1.807, 2.05) is 0 Å². The summed E-state index contributed by atoms with van der Waals surface area (Å²) in [6.45, 7) is 6.81. The van der Waals surface area contributed by atoms with E-state index in [0.29, 0.717) is 0 Å². The van der Waals surface area contributed by atoms with E-state index in [4.69, 9.17) is 0 Å². The summed E-state index contributed by atoms with van der Waals surface area (Å²) >= 11 is 0. The third-order valence-electron chi connectivity index (χ3n) is 4.47. The molecule has 1 atom stereocenters. The Balaban J connectivity index is 1.75. The third kappa shape index (κ3) is 4.35. The van der Waals surface area contributed by atoms with Crippen LogP contribution in [0.25, 0.3) is 0 Å². The van der Waals surface area contributed by atoms with Gasteiger partial charge in [-0.15, -0.1) is 0 Å². The summed E-state index contributed by atoms with van der Waals surface area (Å²) < 4.78 is 0. The normalized spacial score (nSPS) is 15.5. The van der Waals surface area contributed by atoms with Gasteiger partial charge in [0.05, 0.1) is 0 Å². The third-order valence-corrected chi connectivity index (χ3v) is 4.47. The Kier molecular flexibility index (Phi) is 5.91. The molecule has 0 aromatic heterocycles.